The van der Waals surface area contributed by atoms with E-state index in [1.165, 1.54) is 35.6 Å². The third kappa shape index (κ3) is 5.11. The lowest BCUT2D eigenvalue weighted by molar-refractivity contribution is -0.384. The molecular weight excluding hydrogens is 460 g/mol. The van der Waals surface area contributed by atoms with Crippen LogP contribution in [0.25, 0.3) is 10.2 Å². The highest BCUT2D eigenvalue weighted by Crippen LogP contribution is 2.40. The van der Waals surface area contributed by atoms with Gasteiger partial charge in [0.15, 0.2) is 5.13 Å². The number of rotatable bonds is 9. The Morgan fingerprint density at radius 1 is 1.15 bits per heavy atom. The molecule has 1 saturated heterocycles. The Hall–Kier alpha value is -3.28. The van der Waals surface area contributed by atoms with E-state index in [1.807, 2.05) is 6.07 Å². The zero-order chi connectivity index (χ0) is 24.1. The van der Waals surface area contributed by atoms with Gasteiger partial charge in [-0.15, -0.1) is 0 Å². The Bertz CT molecular complexity index is 1120. The minimum absolute atomic E-state index is 0.0649. The van der Waals surface area contributed by atoms with Gasteiger partial charge in [-0.3, -0.25) is 24.7 Å². The maximum atomic E-state index is 13.5. The van der Waals surface area contributed by atoms with Crippen molar-refractivity contribution in [1.29, 1.82) is 0 Å². The highest BCUT2D eigenvalue weighted by Gasteiger charge is 2.24. The lowest BCUT2D eigenvalue weighted by Gasteiger charge is -2.27. The number of carbonyl (C=O) groups is 1. The number of amides is 1. The van der Waals surface area contributed by atoms with Crippen LogP contribution in [0.4, 0.5) is 10.8 Å². The number of nitrogens with zero attached hydrogens (tertiary/aromatic N) is 4. The molecule has 1 aliphatic rings. The molecule has 0 spiro atoms. The van der Waals surface area contributed by atoms with Crippen molar-refractivity contribution in [3.8, 4) is 11.5 Å². The summed E-state index contributed by atoms with van der Waals surface area (Å²) >= 11 is 1.35. The maximum absolute atomic E-state index is 13.5. The van der Waals surface area contributed by atoms with Crippen LogP contribution in [0, 0.1) is 10.1 Å². The third-order valence-electron chi connectivity index (χ3n) is 5.66. The van der Waals surface area contributed by atoms with Crippen molar-refractivity contribution in [2.45, 2.75) is 6.42 Å². The van der Waals surface area contributed by atoms with Crippen LogP contribution in [0.1, 0.15) is 16.8 Å². The molecule has 4 rings (SSSR count). The van der Waals surface area contributed by atoms with Crippen molar-refractivity contribution in [2.24, 2.45) is 0 Å². The van der Waals surface area contributed by atoms with Crippen LogP contribution in [0.15, 0.2) is 36.4 Å². The van der Waals surface area contributed by atoms with Gasteiger partial charge in [-0.2, -0.15) is 0 Å². The van der Waals surface area contributed by atoms with Crippen LogP contribution in [0.5, 0.6) is 11.5 Å². The number of non-ortho nitro benzene ring substituents is 1. The number of ether oxygens (including phenoxy) is 3. The normalized spacial score (nSPS) is 14.2. The van der Waals surface area contributed by atoms with Gasteiger partial charge < -0.3 is 14.2 Å². The monoisotopic (exact) mass is 486 g/mol. The lowest BCUT2D eigenvalue weighted by Crippen LogP contribution is -2.39. The summed E-state index contributed by atoms with van der Waals surface area (Å²) < 4.78 is 17.1. The number of hydrogen-bond acceptors (Lipinski definition) is 9. The Kier molecular flexibility index (Phi) is 7.56. The molecule has 34 heavy (non-hydrogen) atoms. The number of morpholine rings is 1. The predicted molar refractivity (Wildman–Crippen MR) is 129 cm³/mol. The molecule has 0 radical (unpaired) electrons. The van der Waals surface area contributed by atoms with Crippen LogP contribution >= 0.6 is 11.3 Å². The Balaban J connectivity index is 1.65. The predicted octanol–water partition coefficient (Wildman–Crippen LogP) is 3.59. The summed E-state index contributed by atoms with van der Waals surface area (Å²) in [5.41, 5.74) is 0.913. The van der Waals surface area contributed by atoms with E-state index in [4.69, 9.17) is 19.2 Å². The third-order valence-corrected chi connectivity index (χ3v) is 6.75. The van der Waals surface area contributed by atoms with E-state index in [0.717, 1.165) is 30.8 Å². The van der Waals surface area contributed by atoms with E-state index in [-0.39, 0.29) is 11.6 Å². The average molecular weight is 487 g/mol. The molecule has 2 heterocycles. The van der Waals surface area contributed by atoms with Crippen LogP contribution < -0.4 is 14.4 Å². The van der Waals surface area contributed by atoms with Gasteiger partial charge in [0.25, 0.3) is 11.6 Å². The first-order chi connectivity index (χ1) is 16.5. The summed E-state index contributed by atoms with van der Waals surface area (Å²) in [7, 11) is 3.16. The van der Waals surface area contributed by atoms with Crippen molar-refractivity contribution in [2.75, 3.05) is 58.5 Å². The summed E-state index contributed by atoms with van der Waals surface area (Å²) in [5, 5.41) is 11.5. The molecule has 1 aliphatic heterocycles. The molecule has 10 nitrogen and oxygen atoms in total. The lowest BCUT2D eigenvalue weighted by atomic mass is 10.2. The first-order valence-corrected chi connectivity index (χ1v) is 11.7. The van der Waals surface area contributed by atoms with Gasteiger partial charge in [-0.25, -0.2) is 4.98 Å². The zero-order valence-corrected chi connectivity index (χ0v) is 19.9. The number of aromatic nitrogens is 1. The van der Waals surface area contributed by atoms with E-state index in [0.29, 0.717) is 47.5 Å². The highest BCUT2D eigenvalue weighted by atomic mass is 32.1. The van der Waals surface area contributed by atoms with Gasteiger partial charge in [-0.1, -0.05) is 11.3 Å². The molecule has 180 valence electrons. The fraction of sp³-hybridized carbons (Fsp3) is 0.391. The standard InChI is InChI=1S/C23H26N4O6S/c1-31-18-8-9-19(32-2)21-20(18)24-23(34-21)26(11-3-10-25-12-14-33-15-13-25)22(28)16-4-6-17(7-5-16)27(29)30/h4-9H,3,10-15H2,1-2H3. The molecule has 0 N–H and O–H groups in total. The second-order valence-electron chi connectivity index (χ2n) is 7.71. The summed E-state index contributed by atoms with van der Waals surface area (Å²) in [5.74, 6) is 0.971. The van der Waals surface area contributed by atoms with Gasteiger partial charge in [0, 0.05) is 43.9 Å². The van der Waals surface area contributed by atoms with Crippen molar-refractivity contribution >= 4 is 38.3 Å². The molecule has 0 aliphatic carbocycles. The maximum Gasteiger partial charge on any atom is 0.269 e. The molecule has 0 saturated carbocycles. The van der Waals surface area contributed by atoms with Crippen LogP contribution in [0.3, 0.4) is 0 Å². The summed E-state index contributed by atoms with van der Waals surface area (Å²) in [6, 6.07) is 9.22. The van der Waals surface area contributed by atoms with Gasteiger partial charge in [0.1, 0.15) is 21.7 Å². The minimum atomic E-state index is -0.486. The Morgan fingerprint density at radius 3 is 2.47 bits per heavy atom. The molecule has 0 unspecified atom stereocenters. The topological polar surface area (TPSA) is 107 Å². The molecule has 1 aromatic heterocycles. The van der Waals surface area contributed by atoms with Crippen molar-refractivity contribution in [3.05, 3.63) is 52.1 Å². The van der Waals surface area contributed by atoms with E-state index >= 15 is 0 Å². The smallest absolute Gasteiger partial charge is 0.269 e. The number of fused-ring (bicyclic) bond motifs is 1. The van der Waals surface area contributed by atoms with E-state index in [1.54, 1.807) is 25.2 Å². The van der Waals surface area contributed by atoms with Crippen LogP contribution in [-0.2, 0) is 4.74 Å². The highest BCUT2D eigenvalue weighted by molar-refractivity contribution is 7.22. The van der Waals surface area contributed by atoms with Crippen LogP contribution in [0.2, 0.25) is 0 Å². The first-order valence-electron chi connectivity index (χ1n) is 10.9. The molecule has 1 fully saturated rings. The Labute approximate surface area is 200 Å². The molecule has 0 atom stereocenters. The molecule has 3 aromatic rings. The Morgan fingerprint density at radius 2 is 1.82 bits per heavy atom. The number of carbonyl (C=O) groups excluding carboxylic acids is 1. The zero-order valence-electron chi connectivity index (χ0n) is 19.1. The number of thiazole rings is 1. The first kappa shape index (κ1) is 23.9. The molecule has 1 amide bonds. The minimum Gasteiger partial charge on any atom is -0.495 e. The van der Waals surface area contributed by atoms with Crippen molar-refractivity contribution in [3.63, 3.8) is 0 Å². The number of methoxy groups -OCH3 is 2. The fourth-order valence-corrected chi connectivity index (χ4v) is 4.93. The number of nitro benzene ring substituents is 1. The van der Waals surface area contributed by atoms with E-state index in [9.17, 15) is 14.9 Å². The van der Waals surface area contributed by atoms with Gasteiger partial charge in [0.2, 0.25) is 0 Å². The number of hydrogen-bond donors (Lipinski definition) is 0. The van der Waals surface area contributed by atoms with Crippen LogP contribution in [-0.4, -0.2) is 74.3 Å². The van der Waals surface area contributed by atoms with E-state index in [2.05, 4.69) is 4.90 Å². The number of benzene rings is 2. The fourth-order valence-electron chi connectivity index (χ4n) is 3.83. The molecule has 0 bridgehead atoms. The SMILES string of the molecule is COc1ccc(OC)c2sc(N(CCCN3CCOCC3)C(=O)c3ccc([N+](=O)[O-])cc3)nc12. The summed E-state index contributed by atoms with van der Waals surface area (Å²) in [6.07, 6.45) is 0.739. The quantitative estimate of drug-likeness (QED) is 0.334. The van der Waals surface area contributed by atoms with Crippen molar-refractivity contribution < 1.29 is 23.9 Å². The molecule has 11 heteroatoms. The van der Waals surface area contributed by atoms with Gasteiger partial charge >= 0.3 is 0 Å². The molecule has 2 aromatic carbocycles. The van der Waals surface area contributed by atoms with Crippen molar-refractivity contribution in [1.82, 2.24) is 9.88 Å². The van der Waals surface area contributed by atoms with Gasteiger partial charge in [-0.05, 0) is 30.7 Å². The number of anilines is 1. The second kappa shape index (κ2) is 10.8. The summed E-state index contributed by atoms with van der Waals surface area (Å²) in [4.78, 5) is 32.7. The number of nitro groups is 1. The van der Waals surface area contributed by atoms with E-state index < -0.39 is 4.92 Å². The van der Waals surface area contributed by atoms with Gasteiger partial charge in [0.05, 0.1) is 32.4 Å². The largest absolute Gasteiger partial charge is 0.495 e. The summed E-state index contributed by atoms with van der Waals surface area (Å²) in [6.45, 7) is 4.42. The molecular formula is C23H26N4O6S. The second-order valence-corrected chi connectivity index (χ2v) is 8.69. The average Bonchev–Trinajstić information content (AvgIpc) is 3.31.